The Kier molecular flexibility index (Phi) is 3.56. The van der Waals surface area contributed by atoms with E-state index in [2.05, 4.69) is 17.0 Å². The van der Waals surface area contributed by atoms with Crippen molar-refractivity contribution in [3.05, 3.63) is 34.9 Å². The van der Waals surface area contributed by atoms with Gasteiger partial charge in [-0.1, -0.05) is 12.5 Å². The maximum absolute atomic E-state index is 12.0. The fraction of sp³-hybridized carbons (Fsp3) is 0.720. The first-order chi connectivity index (χ1) is 14.5. The van der Waals surface area contributed by atoms with Gasteiger partial charge in [-0.3, -0.25) is 9.69 Å². The molecule has 2 N–H and O–H groups in total. The molecule has 2 bridgehead atoms. The van der Waals surface area contributed by atoms with Crippen LogP contribution in [0.4, 0.5) is 0 Å². The van der Waals surface area contributed by atoms with E-state index in [1.165, 1.54) is 49.9 Å². The van der Waals surface area contributed by atoms with Crippen molar-refractivity contribution in [3.8, 4) is 0 Å². The monoisotopic (exact) mass is 408 g/mol. The van der Waals surface area contributed by atoms with Crippen molar-refractivity contribution >= 4 is 5.91 Å². The quantitative estimate of drug-likeness (QED) is 0.835. The molecule has 0 aromatic heterocycles. The Morgan fingerprint density at radius 2 is 2.00 bits per heavy atom. The first-order valence-electron chi connectivity index (χ1n) is 12.0. The number of amides is 1. The topological polar surface area (TPSA) is 64.8 Å². The van der Waals surface area contributed by atoms with Gasteiger partial charge in [0.25, 0.3) is 0 Å². The van der Waals surface area contributed by atoms with E-state index in [-0.39, 0.29) is 11.3 Å². The van der Waals surface area contributed by atoms with Crippen LogP contribution in [0.15, 0.2) is 18.2 Å². The second-order valence-electron chi connectivity index (χ2n) is 11.2. The third-order valence-corrected chi connectivity index (χ3v) is 9.72. The van der Waals surface area contributed by atoms with Gasteiger partial charge in [-0.15, -0.1) is 0 Å². The number of benzene rings is 1. The number of primary amides is 1. The maximum atomic E-state index is 12.0. The molecule has 5 fully saturated rings. The molecule has 1 unspecified atom stereocenters. The third-order valence-electron chi connectivity index (χ3n) is 9.72. The molecule has 0 radical (unpaired) electrons. The first-order valence-corrected chi connectivity index (χ1v) is 12.0. The van der Waals surface area contributed by atoms with Gasteiger partial charge < -0.3 is 15.2 Å². The highest BCUT2D eigenvalue weighted by Gasteiger charge is 2.73. The van der Waals surface area contributed by atoms with Crippen molar-refractivity contribution in [2.45, 2.75) is 68.6 Å². The first kappa shape index (κ1) is 18.2. The summed E-state index contributed by atoms with van der Waals surface area (Å²) >= 11 is 0. The Balaban J connectivity index is 1.33. The molecule has 4 aliphatic carbocycles. The van der Waals surface area contributed by atoms with Gasteiger partial charge in [0.2, 0.25) is 5.91 Å². The van der Waals surface area contributed by atoms with Gasteiger partial charge in [0.05, 0.1) is 13.2 Å². The van der Waals surface area contributed by atoms with Crippen LogP contribution >= 0.6 is 0 Å². The highest BCUT2D eigenvalue weighted by Crippen LogP contribution is 2.71. The van der Waals surface area contributed by atoms with Crippen LogP contribution in [-0.2, 0) is 21.3 Å². The fourth-order valence-electron chi connectivity index (χ4n) is 8.62. The summed E-state index contributed by atoms with van der Waals surface area (Å²) in [5, 5.41) is 0. The molecule has 1 aromatic carbocycles. The normalized spacial score (nSPS) is 40.9. The Morgan fingerprint density at radius 1 is 1.17 bits per heavy atom. The molecule has 7 rings (SSSR count). The molecule has 6 aliphatic rings. The molecule has 3 spiro atoms. The van der Waals surface area contributed by atoms with Crippen LogP contribution in [-0.4, -0.2) is 48.9 Å². The Morgan fingerprint density at radius 3 is 2.73 bits per heavy atom. The van der Waals surface area contributed by atoms with E-state index in [4.69, 9.17) is 15.2 Å². The van der Waals surface area contributed by atoms with Crippen LogP contribution in [0, 0.1) is 17.3 Å². The van der Waals surface area contributed by atoms with Gasteiger partial charge >= 0.3 is 0 Å². The number of hydrogen-bond donors (Lipinski definition) is 1. The van der Waals surface area contributed by atoms with Gasteiger partial charge in [-0.25, -0.2) is 0 Å². The number of carbonyl (C=O) groups is 1. The van der Waals surface area contributed by atoms with Crippen molar-refractivity contribution in [2.24, 2.45) is 23.0 Å². The lowest BCUT2D eigenvalue weighted by atomic mass is 9.58. The van der Waals surface area contributed by atoms with Crippen LogP contribution in [0.1, 0.15) is 66.4 Å². The zero-order chi connectivity index (χ0) is 20.1. The van der Waals surface area contributed by atoms with Gasteiger partial charge in [-0.2, -0.15) is 0 Å². The number of nitrogens with two attached hydrogens (primary N) is 1. The molecule has 1 aromatic rings. The molecule has 30 heavy (non-hydrogen) atoms. The molecule has 5 heteroatoms. The number of hydrogen-bond acceptors (Lipinski definition) is 4. The summed E-state index contributed by atoms with van der Waals surface area (Å²) in [4.78, 5) is 14.9. The average Bonchev–Trinajstić information content (AvgIpc) is 3.19. The van der Waals surface area contributed by atoms with Gasteiger partial charge in [0.15, 0.2) is 5.79 Å². The van der Waals surface area contributed by atoms with Crippen molar-refractivity contribution in [1.82, 2.24) is 4.90 Å². The minimum Gasteiger partial charge on any atom is -0.366 e. The van der Waals surface area contributed by atoms with E-state index in [9.17, 15) is 4.79 Å². The van der Waals surface area contributed by atoms with Gasteiger partial charge in [0.1, 0.15) is 0 Å². The van der Waals surface area contributed by atoms with Crippen LogP contribution in [0.5, 0.6) is 0 Å². The molecule has 2 aliphatic heterocycles. The predicted molar refractivity (Wildman–Crippen MR) is 112 cm³/mol. The summed E-state index contributed by atoms with van der Waals surface area (Å²) in [6, 6.07) is 6.95. The van der Waals surface area contributed by atoms with E-state index in [0.717, 1.165) is 31.6 Å². The maximum Gasteiger partial charge on any atom is 0.248 e. The average molecular weight is 409 g/mol. The summed E-state index contributed by atoms with van der Waals surface area (Å²) in [6.07, 6.45) is 9.73. The van der Waals surface area contributed by atoms with Gasteiger partial charge in [-0.05, 0) is 67.2 Å². The number of carbonyl (C=O) groups excluding carboxylic acids is 1. The Labute approximate surface area is 178 Å². The van der Waals surface area contributed by atoms with E-state index >= 15 is 0 Å². The van der Waals surface area contributed by atoms with Crippen molar-refractivity contribution in [3.63, 3.8) is 0 Å². The molecule has 2 heterocycles. The largest absolute Gasteiger partial charge is 0.366 e. The van der Waals surface area contributed by atoms with Crippen molar-refractivity contribution < 1.29 is 14.3 Å². The fourth-order valence-corrected chi connectivity index (χ4v) is 8.62. The standard InChI is InChI=1S/C25H32N2O3/c26-22(28)17-4-5-18-11-23-13-24(20(18)10-17)14-25(29-8-9-30-25)7-6-19(24)21(23)27(15-23)12-16-2-1-3-16/h4-5,10,16,19,21H,1-3,6-9,11-15H2,(H2,26,28)/t19-,21-,23?,24-/m0/s1. The van der Waals surface area contributed by atoms with Crippen LogP contribution in [0.25, 0.3) is 0 Å². The third kappa shape index (κ3) is 2.21. The lowest BCUT2D eigenvalue weighted by Gasteiger charge is -2.58. The zero-order valence-corrected chi connectivity index (χ0v) is 17.7. The van der Waals surface area contributed by atoms with Crippen LogP contribution in [0.3, 0.4) is 0 Å². The molecule has 3 saturated carbocycles. The Bertz CT molecular complexity index is 921. The van der Waals surface area contributed by atoms with Crippen molar-refractivity contribution in [2.75, 3.05) is 26.3 Å². The smallest absolute Gasteiger partial charge is 0.248 e. The molecule has 5 nitrogen and oxygen atoms in total. The molecule has 1 amide bonds. The van der Waals surface area contributed by atoms with E-state index in [1.54, 1.807) is 0 Å². The number of fused-ring (bicyclic) bond motifs is 2. The summed E-state index contributed by atoms with van der Waals surface area (Å²) in [6.45, 7) is 3.95. The highest BCUT2D eigenvalue weighted by atomic mass is 16.7. The number of likely N-dealkylation sites (tertiary alicyclic amines) is 1. The van der Waals surface area contributed by atoms with Gasteiger partial charge in [0, 0.05) is 48.4 Å². The Hall–Kier alpha value is -1.43. The summed E-state index contributed by atoms with van der Waals surface area (Å²) in [5.41, 5.74) is 9.62. The number of nitrogens with zero attached hydrogens (tertiary/aromatic N) is 1. The highest BCUT2D eigenvalue weighted by molar-refractivity contribution is 5.93. The minimum absolute atomic E-state index is 0.0562. The lowest BCUT2D eigenvalue weighted by molar-refractivity contribution is -0.200. The number of rotatable bonds is 3. The predicted octanol–water partition coefficient (Wildman–Crippen LogP) is 3.00. The molecular formula is C25H32N2O3. The molecule has 160 valence electrons. The van der Waals surface area contributed by atoms with E-state index in [1.807, 2.05) is 6.07 Å². The second kappa shape index (κ2) is 5.87. The summed E-state index contributed by atoms with van der Waals surface area (Å²) < 4.78 is 12.5. The van der Waals surface area contributed by atoms with Crippen LogP contribution in [0.2, 0.25) is 0 Å². The summed E-state index contributed by atoms with van der Waals surface area (Å²) in [7, 11) is 0. The second-order valence-corrected chi connectivity index (χ2v) is 11.2. The lowest BCUT2D eigenvalue weighted by Crippen LogP contribution is -2.65. The van der Waals surface area contributed by atoms with Crippen LogP contribution < -0.4 is 5.73 Å². The minimum atomic E-state index is -0.419. The molecular weight excluding hydrogens is 376 g/mol. The molecule has 2 saturated heterocycles. The van der Waals surface area contributed by atoms with E-state index in [0.29, 0.717) is 36.2 Å². The number of ether oxygens (including phenoxy) is 2. The SMILES string of the molecule is NC(=O)c1ccc2c(c1)[C@@]13CC4(CC[C@H]1[C@@H]1N(CC5CCC5)CC1(C2)C3)OCCO4. The molecule has 4 atom stereocenters. The zero-order valence-electron chi connectivity index (χ0n) is 17.7. The summed E-state index contributed by atoms with van der Waals surface area (Å²) in [5.74, 6) is 0.808. The van der Waals surface area contributed by atoms with E-state index < -0.39 is 5.79 Å². The van der Waals surface area contributed by atoms with Crippen molar-refractivity contribution in [1.29, 1.82) is 0 Å².